The molecule has 0 radical (unpaired) electrons. The second-order valence-corrected chi connectivity index (χ2v) is 11.1. The van der Waals surface area contributed by atoms with E-state index in [1.54, 1.807) is 7.11 Å². The zero-order valence-electron chi connectivity index (χ0n) is 24.1. The van der Waals surface area contributed by atoms with E-state index >= 15 is 0 Å². The molecule has 6 nitrogen and oxygen atoms in total. The van der Waals surface area contributed by atoms with Crippen molar-refractivity contribution in [2.75, 3.05) is 13.7 Å². The number of esters is 1. The lowest BCUT2D eigenvalue weighted by Gasteiger charge is -2.37. The highest BCUT2D eigenvalue weighted by atomic mass is 16.5. The molecule has 1 aliphatic heterocycles. The number of rotatable bonds is 9. The molecule has 0 saturated carbocycles. The maximum absolute atomic E-state index is 14.0. The van der Waals surface area contributed by atoms with Gasteiger partial charge in [0.1, 0.15) is 18.1 Å². The number of allylic oxidation sites excluding steroid dienone is 3. The van der Waals surface area contributed by atoms with Crippen LogP contribution in [0.2, 0.25) is 0 Å². The fourth-order valence-electron chi connectivity index (χ4n) is 5.64. The first-order valence-electron chi connectivity index (χ1n) is 14.2. The van der Waals surface area contributed by atoms with Crippen LogP contribution in [0.25, 0.3) is 0 Å². The number of hydrogen-bond donors (Lipinski definition) is 1. The smallest absolute Gasteiger partial charge is 0.336 e. The Kier molecular flexibility index (Phi) is 8.58. The molecule has 0 aromatic heterocycles. The molecular formula is C35H37NO5. The van der Waals surface area contributed by atoms with E-state index in [-0.39, 0.29) is 17.6 Å². The van der Waals surface area contributed by atoms with Crippen molar-refractivity contribution >= 4 is 11.8 Å². The van der Waals surface area contributed by atoms with Crippen LogP contribution in [-0.2, 0) is 20.9 Å². The average molecular weight is 552 g/mol. The van der Waals surface area contributed by atoms with Gasteiger partial charge in [0, 0.05) is 29.0 Å². The van der Waals surface area contributed by atoms with Crippen LogP contribution in [0.1, 0.15) is 62.1 Å². The van der Waals surface area contributed by atoms with Crippen LogP contribution >= 0.6 is 0 Å². The number of carbonyl (C=O) groups is 2. The monoisotopic (exact) mass is 551 g/mol. The van der Waals surface area contributed by atoms with Gasteiger partial charge in [0.15, 0.2) is 5.78 Å². The molecule has 0 amide bonds. The predicted molar refractivity (Wildman–Crippen MR) is 159 cm³/mol. The van der Waals surface area contributed by atoms with Crippen molar-refractivity contribution in [3.8, 4) is 11.5 Å². The van der Waals surface area contributed by atoms with Crippen molar-refractivity contribution in [3.05, 3.63) is 118 Å². The van der Waals surface area contributed by atoms with Crippen LogP contribution in [0.15, 0.2) is 101 Å². The van der Waals surface area contributed by atoms with Crippen molar-refractivity contribution in [2.24, 2.45) is 5.92 Å². The first-order chi connectivity index (χ1) is 19.9. The third-order valence-electron chi connectivity index (χ3n) is 7.65. The Bertz CT molecular complexity index is 1470. The molecule has 0 unspecified atom stereocenters. The summed E-state index contributed by atoms with van der Waals surface area (Å²) in [6.45, 7) is 6.56. The van der Waals surface area contributed by atoms with Crippen molar-refractivity contribution < 1.29 is 23.8 Å². The Morgan fingerprint density at radius 1 is 0.951 bits per heavy atom. The number of dihydropyridines is 1. The molecule has 0 bridgehead atoms. The SMILES string of the molecule is COc1ccc([C@@H]2CC(=O)C3=C(C2)NC(C)=C(C(=O)OCC(C)C)[C@H]3c2ccccc2OCc2ccccc2)cc1. The van der Waals surface area contributed by atoms with E-state index in [4.69, 9.17) is 14.2 Å². The summed E-state index contributed by atoms with van der Waals surface area (Å²) in [5.74, 6) is 0.638. The summed E-state index contributed by atoms with van der Waals surface area (Å²) < 4.78 is 17.4. The molecule has 0 spiro atoms. The van der Waals surface area contributed by atoms with Crippen LogP contribution in [0.4, 0.5) is 0 Å². The molecule has 3 aromatic rings. The number of benzene rings is 3. The van der Waals surface area contributed by atoms with Crippen molar-refractivity contribution in [3.63, 3.8) is 0 Å². The number of para-hydroxylation sites is 1. The summed E-state index contributed by atoms with van der Waals surface area (Å²) in [4.78, 5) is 27.6. The second-order valence-electron chi connectivity index (χ2n) is 11.1. The molecule has 41 heavy (non-hydrogen) atoms. The fourth-order valence-corrected chi connectivity index (χ4v) is 5.64. The Hall–Kier alpha value is -4.32. The van der Waals surface area contributed by atoms with Gasteiger partial charge in [-0.1, -0.05) is 74.5 Å². The van der Waals surface area contributed by atoms with Crippen molar-refractivity contribution in [1.29, 1.82) is 0 Å². The number of ether oxygens (including phenoxy) is 3. The van der Waals surface area contributed by atoms with Gasteiger partial charge in [-0.15, -0.1) is 0 Å². The predicted octanol–water partition coefficient (Wildman–Crippen LogP) is 6.84. The van der Waals surface area contributed by atoms with Gasteiger partial charge in [-0.2, -0.15) is 0 Å². The van der Waals surface area contributed by atoms with Crippen LogP contribution in [0.5, 0.6) is 11.5 Å². The van der Waals surface area contributed by atoms with E-state index < -0.39 is 11.9 Å². The van der Waals surface area contributed by atoms with E-state index in [1.165, 1.54) is 0 Å². The Morgan fingerprint density at radius 2 is 1.66 bits per heavy atom. The quantitative estimate of drug-likeness (QED) is 0.294. The molecule has 3 aromatic carbocycles. The number of methoxy groups -OCH3 is 1. The first-order valence-corrected chi connectivity index (χ1v) is 14.2. The minimum Gasteiger partial charge on any atom is -0.497 e. The van der Waals surface area contributed by atoms with Crippen molar-refractivity contribution in [1.82, 2.24) is 5.32 Å². The number of carbonyl (C=O) groups excluding carboxylic acids is 2. The van der Waals surface area contributed by atoms with E-state index in [9.17, 15) is 9.59 Å². The molecule has 1 N–H and O–H groups in total. The van der Waals surface area contributed by atoms with Crippen LogP contribution in [-0.4, -0.2) is 25.5 Å². The topological polar surface area (TPSA) is 73.9 Å². The Labute approximate surface area is 242 Å². The van der Waals surface area contributed by atoms with Gasteiger partial charge in [0.05, 0.1) is 25.2 Å². The third-order valence-corrected chi connectivity index (χ3v) is 7.65. The lowest BCUT2D eigenvalue weighted by Crippen LogP contribution is -2.36. The Balaban J connectivity index is 1.55. The number of Topliss-reactive ketones (excluding diaryl/α,β-unsaturated/α-hetero) is 1. The molecule has 0 saturated heterocycles. The summed E-state index contributed by atoms with van der Waals surface area (Å²) in [5.41, 5.74) is 5.52. The second kappa shape index (κ2) is 12.5. The Morgan fingerprint density at radius 3 is 2.37 bits per heavy atom. The molecule has 2 aliphatic rings. The lowest BCUT2D eigenvalue weighted by atomic mass is 9.71. The highest BCUT2D eigenvalue weighted by Crippen LogP contribution is 2.48. The van der Waals surface area contributed by atoms with E-state index in [0.29, 0.717) is 48.6 Å². The summed E-state index contributed by atoms with van der Waals surface area (Å²) in [5, 5.41) is 3.44. The average Bonchev–Trinajstić information content (AvgIpc) is 2.98. The van der Waals surface area contributed by atoms with Gasteiger partial charge >= 0.3 is 5.97 Å². The first kappa shape index (κ1) is 28.2. The minimum atomic E-state index is -0.595. The fraction of sp³-hybridized carbons (Fsp3) is 0.314. The van der Waals surface area contributed by atoms with Gasteiger partial charge in [0.25, 0.3) is 0 Å². The molecule has 6 heteroatoms. The number of ketones is 1. The van der Waals surface area contributed by atoms with Gasteiger partial charge in [-0.25, -0.2) is 4.79 Å². The summed E-state index contributed by atoms with van der Waals surface area (Å²) in [6, 6.07) is 25.5. The standard InChI is InChI=1S/C35H37NO5/c1-22(2)20-41-35(38)32-23(3)36-29-18-26(25-14-16-27(39-4)17-15-25)19-30(37)34(29)33(32)28-12-8-9-13-31(28)40-21-24-10-6-5-7-11-24/h5-17,22,26,33,36H,18-21H2,1-4H3/t26-,33+/m0/s1. The zero-order valence-corrected chi connectivity index (χ0v) is 24.1. The molecule has 0 fully saturated rings. The summed E-state index contributed by atoms with van der Waals surface area (Å²) in [6.07, 6.45) is 1.01. The molecule has 2 atom stereocenters. The highest BCUT2D eigenvalue weighted by Gasteiger charge is 2.42. The highest BCUT2D eigenvalue weighted by molar-refractivity contribution is 6.04. The maximum Gasteiger partial charge on any atom is 0.336 e. The van der Waals surface area contributed by atoms with Crippen LogP contribution < -0.4 is 14.8 Å². The van der Waals surface area contributed by atoms with Gasteiger partial charge in [-0.05, 0) is 54.5 Å². The van der Waals surface area contributed by atoms with Gasteiger partial charge < -0.3 is 19.5 Å². The summed E-state index contributed by atoms with van der Waals surface area (Å²) >= 11 is 0. The number of hydrogen-bond acceptors (Lipinski definition) is 6. The minimum absolute atomic E-state index is 0.0177. The van der Waals surface area contributed by atoms with E-state index in [1.807, 2.05) is 99.6 Å². The largest absolute Gasteiger partial charge is 0.497 e. The molecular weight excluding hydrogens is 514 g/mol. The van der Waals surface area contributed by atoms with E-state index in [2.05, 4.69) is 5.32 Å². The molecule has 1 aliphatic carbocycles. The molecule has 1 heterocycles. The van der Waals surface area contributed by atoms with Gasteiger partial charge in [0.2, 0.25) is 0 Å². The van der Waals surface area contributed by atoms with Gasteiger partial charge in [-0.3, -0.25) is 4.79 Å². The summed E-state index contributed by atoms with van der Waals surface area (Å²) in [7, 11) is 1.64. The number of nitrogens with one attached hydrogen (secondary N) is 1. The van der Waals surface area contributed by atoms with Crippen LogP contribution in [0.3, 0.4) is 0 Å². The molecule has 5 rings (SSSR count). The van der Waals surface area contributed by atoms with Crippen molar-refractivity contribution in [2.45, 2.75) is 52.1 Å². The normalized spacial score (nSPS) is 18.6. The van der Waals surface area contributed by atoms with Crippen LogP contribution in [0, 0.1) is 5.92 Å². The lowest BCUT2D eigenvalue weighted by molar-refractivity contribution is -0.140. The molecule has 212 valence electrons. The zero-order chi connectivity index (χ0) is 28.9. The van der Waals surface area contributed by atoms with E-state index in [0.717, 1.165) is 28.1 Å². The maximum atomic E-state index is 14.0. The third kappa shape index (κ3) is 6.22.